The third-order valence-electron chi connectivity index (χ3n) is 2.35. The summed E-state index contributed by atoms with van der Waals surface area (Å²) in [7, 11) is 0. The minimum Gasteiger partial charge on any atom is -0.404 e. The van der Waals surface area contributed by atoms with Crippen molar-refractivity contribution in [3.05, 3.63) is 25.3 Å². The summed E-state index contributed by atoms with van der Waals surface area (Å²) < 4.78 is 20.6. The Labute approximate surface area is 167 Å². The Hall–Kier alpha value is -1.49. The van der Waals surface area contributed by atoms with Crippen molar-refractivity contribution in [3.8, 4) is 0 Å². The Morgan fingerprint density at radius 1 is 0.750 bits per heavy atom. The number of carbonyl (C=O) groups excluding carboxylic acids is 1. The second kappa shape index (κ2) is 12.2. The Morgan fingerprint density at radius 2 is 1.07 bits per heavy atom. The maximum atomic E-state index is 11.8. The quantitative estimate of drug-likeness (QED) is 0.154. The van der Waals surface area contributed by atoms with Crippen LogP contribution in [0.2, 0.25) is 0 Å². The smallest absolute Gasteiger partial charge is 0.404 e. The third-order valence-corrected chi connectivity index (χ3v) is 2.35. The molecule has 28 heavy (non-hydrogen) atoms. The van der Waals surface area contributed by atoms with Crippen molar-refractivity contribution in [2.24, 2.45) is 0 Å². The summed E-state index contributed by atoms with van der Waals surface area (Å²) in [5.74, 6) is 0. The van der Waals surface area contributed by atoms with Gasteiger partial charge in [0.1, 0.15) is 0 Å². The summed E-state index contributed by atoms with van der Waals surface area (Å²) in [6, 6.07) is 0. The van der Waals surface area contributed by atoms with Gasteiger partial charge < -0.3 is 18.9 Å². The molecular formula is C19H34O9. The van der Waals surface area contributed by atoms with E-state index in [0.29, 0.717) is 0 Å². The van der Waals surface area contributed by atoms with Gasteiger partial charge in [0, 0.05) is 0 Å². The first kappa shape index (κ1) is 26.5. The predicted molar refractivity (Wildman–Crippen MR) is 100 cm³/mol. The van der Waals surface area contributed by atoms with Crippen molar-refractivity contribution in [3.63, 3.8) is 0 Å². The van der Waals surface area contributed by atoms with Crippen molar-refractivity contribution >= 4 is 6.16 Å². The molecule has 0 fully saturated rings. The first-order chi connectivity index (χ1) is 12.8. The molecule has 0 aromatic rings. The van der Waals surface area contributed by atoms with Crippen LogP contribution in [0.4, 0.5) is 4.79 Å². The van der Waals surface area contributed by atoms with E-state index in [1.165, 1.54) is 26.0 Å². The lowest BCUT2D eigenvalue weighted by atomic mass is 10.2. The van der Waals surface area contributed by atoms with Gasteiger partial charge in [-0.2, -0.15) is 9.78 Å². The van der Waals surface area contributed by atoms with Gasteiger partial charge in [0.2, 0.25) is 25.2 Å². The monoisotopic (exact) mass is 406 g/mol. The lowest BCUT2D eigenvalue weighted by molar-refractivity contribution is -0.419. The lowest BCUT2D eigenvalue weighted by Crippen LogP contribution is -2.31. The molecule has 9 heteroatoms. The van der Waals surface area contributed by atoms with Crippen LogP contribution in [0.25, 0.3) is 0 Å². The Bertz CT molecular complexity index is 437. The molecule has 4 unspecified atom stereocenters. The summed E-state index contributed by atoms with van der Waals surface area (Å²) in [6.07, 6.45) is -2.19. The van der Waals surface area contributed by atoms with Crippen LogP contribution in [0.1, 0.15) is 55.4 Å². The second-order valence-electron chi connectivity index (χ2n) is 7.69. The van der Waals surface area contributed by atoms with Gasteiger partial charge in [-0.15, -0.1) is 0 Å². The van der Waals surface area contributed by atoms with E-state index in [2.05, 4.69) is 13.2 Å². The summed E-state index contributed by atoms with van der Waals surface area (Å²) in [6.45, 7) is 20.9. The van der Waals surface area contributed by atoms with Crippen LogP contribution in [-0.4, -0.2) is 42.5 Å². The third kappa shape index (κ3) is 14.6. The molecule has 0 saturated heterocycles. The molecule has 0 radical (unpaired) electrons. The van der Waals surface area contributed by atoms with E-state index >= 15 is 0 Å². The van der Waals surface area contributed by atoms with Crippen LogP contribution in [0.5, 0.6) is 0 Å². The molecule has 0 aromatic carbocycles. The van der Waals surface area contributed by atoms with Crippen LogP contribution < -0.4 is 0 Å². The van der Waals surface area contributed by atoms with Crippen LogP contribution >= 0.6 is 0 Å². The first-order valence-electron chi connectivity index (χ1n) is 8.88. The molecule has 0 amide bonds. The van der Waals surface area contributed by atoms with Crippen molar-refractivity contribution in [2.75, 3.05) is 0 Å². The molecule has 0 aromatic heterocycles. The van der Waals surface area contributed by atoms with E-state index in [1.54, 1.807) is 41.5 Å². The van der Waals surface area contributed by atoms with E-state index in [1.807, 2.05) is 0 Å². The number of hydrogen-bond donors (Lipinski definition) is 0. The summed E-state index contributed by atoms with van der Waals surface area (Å²) in [5.41, 5.74) is -1.08. The van der Waals surface area contributed by atoms with Crippen LogP contribution in [-0.2, 0) is 38.5 Å². The van der Waals surface area contributed by atoms with Crippen molar-refractivity contribution in [2.45, 2.75) is 91.8 Å². The Kier molecular flexibility index (Phi) is 11.5. The lowest BCUT2D eigenvalue weighted by Gasteiger charge is -2.25. The zero-order valence-electron chi connectivity index (χ0n) is 18.1. The van der Waals surface area contributed by atoms with Gasteiger partial charge in [-0.1, -0.05) is 13.2 Å². The molecule has 4 atom stereocenters. The first-order valence-corrected chi connectivity index (χ1v) is 8.88. The highest BCUT2D eigenvalue weighted by Gasteiger charge is 2.23. The van der Waals surface area contributed by atoms with Gasteiger partial charge in [-0.05, 0) is 67.5 Å². The zero-order chi connectivity index (χ0) is 22.0. The summed E-state index contributed by atoms with van der Waals surface area (Å²) in [5, 5.41) is 0. The van der Waals surface area contributed by atoms with Gasteiger partial charge in [-0.25, -0.2) is 14.6 Å². The molecule has 164 valence electrons. The summed E-state index contributed by atoms with van der Waals surface area (Å²) >= 11 is 0. The van der Waals surface area contributed by atoms with Crippen molar-refractivity contribution < 1.29 is 43.3 Å². The van der Waals surface area contributed by atoms with Crippen LogP contribution in [0.3, 0.4) is 0 Å². The highest BCUT2D eigenvalue weighted by atomic mass is 17.2. The average molecular weight is 406 g/mol. The van der Waals surface area contributed by atoms with E-state index in [9.17, 15) is 4.79 Å². The van der Waals surface area contributed by atoms with Gasteiger partial charge >= 0.3 is 6.16 Å². The molecule has 0 heterocycles. The fraction of sp³-hybridized carbons (Fsp3) is 0.737. The van der Waals surface area contributed by atoms with E-state index in [-0.39, 0.29) is 0 Å². The highest BCUT2D eigenvalue weighted by Crippen LogP contribution is 2.14. The normalized spacial score (nSPS) is 16.6. The number of hydrogen-bond acceptors (Lipinski definition) is 9. The van der Waals surface area contributed by atoms with E-state index in [4.69, 9.17) is 38.5 Å². The molecule has 0 saturated carbocycles. The van der Waals surface area contributed by atoms with Gasteiger partial charge in [0.15, 0.2) is 0 Å². The van der Waals surface area contributed by atoms with E-state index < -0.39 is 42.5 Å². The van der Waals surface area contributed by atoms with Crippen LogP contribution in [0.15, 0.2) is 25.3 Å². The van der Waals surface area contributed by atoms with Crippen molar-refractivity contribution in [1.29, 1.82) is 0 Å². The Morgan fingerprint density at radius 3 is 1.32 bits per heavy atom. The maximum Gasteiger partial charge on any atom is 0.512 e. The topological polar surface area (TPSA) is 90.9 Å². The summed E-state index contributed by atoms with van der Waals surface area (Å²) in [4.78, 5) is 32.2. The van der Waals surface area contributed by atoms with Gasteiger partial charge in [0.05, 0.1) is 11.2 Å². The molecule has 0 rings (SSSR count). The maximum absolute atomic E-state index is 11.8. The average Bonchev–Trinajstić information content (AvgIpc) is 2.53. The predicted octanol–water partition coefficient (Wildman–Crippen LogP) is 4.38. The molecule has 0 aliphatic rings. The van der Waals surface area contributed by atoms with Crippen LogP contribution in [0, 0.1) is 0 Å². The number of rotatable bonds is 12. The molecule has 0 N–H and O–H groups in total. The zero-order valence-corrected chi connectivity index (χ0v) is 18.1. The largest absolute Gasteiger partial charge is 0.512 e. The minimum absolute atomic E-state index is 0.541. The van der Waals surface area contributed by atoms with E-state index in [0.717, 1.165) is 0 Å². The highest BCUT2D eigenvalue weighted by molar-refractivity contribution is 5.60. The number of ether oxygens (including phenoxy) is 4. The number of carbonyl (C=O) groups is 1. The van der Waals surface area contributed by atoms with Gasteiger partial charge in [-0.3, -0.25) is 0 Å². The van der Waals surface area contributed by atoms with Crippen molar-refractivity contribution in [1.82, 2.24) is 0 Å². The molecule has 0 aliphatic carbocycles. The molecule has 0 spiro atoms. The second-order valence-corrected chi connectivity index (χ2v) is 7.69. The fourth-order valence-electron chi connectivity index (χ4n) is 1.35. The standard InChI is InChI=1S/C19H34O9/c1-11-15(25-27-18(5,6)7)21-13(3)23-17(20)24-14(4)22-16(12-2)26-28-19(8,9)10/h11-16H,1-2H2,3-10H3. The molecule has 0 bridgehead atoms. The molecular weight excluding hydrogens is 372 g/mol. The van der Waals surface area contributed by atoms with Gasteiger partial charge in [0.25, 0.3) is 0 Å². The minimum atomic E-state index is -1.01. The fourth-order valence-corrected chi connectivity index (χ4v) is 1.35. The molecule has 9 nitrogen and oxygen atoms in total. The molecule has 0 aliphatic heterocycles. The SMILES string of the molecule is C=CC(OOC(C)(C)C)OC(C)OC(=O)OC(C)OC(C=C)OOC(C)(C)C. The Balaban J connectivity index is 4.35.